The highest BCUT2D eigenvalue weighted by molar-refractivity contribution is 6.13. The molecule has 5 heteroatoms. The van der Waals surface area contributed by atoms with Gasteiger partial charge in [0.25, 0.3) is 5.91 Å². The van der Waals surface area contributed by atoms with E-state index in [1.165, 1.54) is 0 Å². The van der Waals surface area contributed by atoms with E-state index in [-0.39, 0.29) is 23.8 Å². The molecule has 0 aliphatic heterocycles. The standard InChI is InChI=1S/C24H24N2O3/c1-15(2)29-20-11-9-19(10-12-20)25-24(28)21-13-17-5-3-4-6-18(17)14-22(21)26-23(27)16-7-8-16/h3-6,9-16H,7-8H2,1-2H3,(H,25,28)(H,26,27). The van der Waals surface area contributed by atoms with Crippen molar-refractivity contribution in [2.75, 3.05) is 10.6 Å². The number of fused-ring (bicyclic) bond motifs is 1. The van der Waals surface area contributed by atoms with Crippen LogP contribution >= 0.6 is 0 Å². The van der Waals surface area contributed by atoms with Gasteiger partial charge in [-0.3, -0.25) is 9.59 Å². The molecule has 1 fully saturated rings. The first-order valence-electron chi connectivity index (χ1n) is 9.91. The lowest BCUT2D eigenvalue weighted by atomic mass is 10.0. The van der Waals surface area contributed by atoms with Gasteiger partial charge in [0, 0.05) is 11.6 Å². The number of hydrogen-bond acceptors (Lipinski definition) is 3. The summed E-state index contributed by atoms with van der Waals surface area (Å²) in [6.45, 7) is 3.93. The van der Waals surface area contributed by atoms with Crippen molar-refractivity contribution in [1.82, 2.24) is 0 Å². The summed E-state index contributed by atoms with van der Waals surface area (Å²) in [4.78, 5) is 25.3. The van der Waals surface area contributed by atoms with Gasteiger partial charge in [-0.25, -0.2) is 0 Å². The Morgan fingerprint density at radius 3 is 2.21 bits per heavy atom. The largest absolute Gasteiger partial charge is 0.491 e. The zero-order valence-electron chi connectivity index (χ0n) is 16.6. The highest BCUT2D eigenvalue weighted by Gasteiger charge is 2.30. The molecule has 0 aromatic heterocycles. The Labute approximate surface area is 170 Å². The normalized spacial score (nSPS) is 13.3. The van der Waals surface area contributed by atoms with E-state index < -0.39 is 0 Å². The van der Waals surface area contributed by atoms with E-state index in [1.807, 2.05) is 62.4 Å². The molecule has 0 heterocycles. The van der Waals surface area contributed by atoms with Gasteiger partial charge < -0.3 is 15.4 Å². The molecule has 1 aliphatic rings. The maximum Gasteiger partial charge on any atom is 0.257 e. The van der Waals surface area contributed by atoms with Gasteiger partial charge in [0.1, 0.15) is 5.75 Å². The first-order valence-corrected chi connectivity index (χ1v) is 9.91. The van der Waals surface area contributed by atoms with Crippen LogP contribution in [-0.2, 0) is 4.79 Å². The second-order valence-corrected chi connectivity index (χ2v) is 7.65. The van der Waals surface area contributed by atoms with Gasteiger partial charge >= 0.3 is 0 Å². The maximum absolute atomic E-state index is 13.0. The molecule has 3 aromatic rings. The van der Waals surface area contributed by atoms with Crippen LogP contribution in [0.15, 0.2) is 60.7 Å². The molecule has 1 saturated carbocycles. The maximum atomic E-state index is 13.0. The topological polar surface area (TPSA) is 67.4 Å². The summed E-state index contributed by atoms with van der Waals surface area (Å²) in [5.74, 6) is 0.524. The van der Waals surface area contributed by atoms with Crippen molar-refractivity contribution in [3.05, 3.63) is 66.2 Å². The molecule has 3 aromatic carbocycles. The summed E-state index contributed by atoms with van der Waals surface area (Å²) in [6, 6.07) is 18.7. The molecule has 4 rings (SSSR count). The number of nitrogens with one attached hydrogen (secondary N) is 2. The summed E-state index contributed by atoms with van der Waals surface area (Å²) in [5, 5.41) is 7.78. The monoisotopic (exact) mass is 388 g/mol. The lowest BCUT2D eigenvalue weighted by Gasteiger charge is -2.14. The zero-order chi connectivity index (χ0) is 20.4. The van der Waals surface area contributed by atoms with Crippen LogP contribution in [0.4, 0.5) is 11.4 Å². The van der Waals surface area contributed by atoms with Gasteiger partial charge in [-0.05, 0) is 73.9 Å². The molecule has 148 valence electrons. The Hall–Kier alpha value is -3.34. The van der Waals surface area contributed by atoms with Crippen molar-refractivity contribution in [3.63, 3.8) is 0 Å². The van der Waals surface area contributed by atoms with Crippen molar-refractivity contribution in [3.8, 4) is 5.75 Å². The SMILES string of the molecule is CC(C)Oc1ccc(NC(=O)c2cc3ccccc3cc2NC(=O)C2CC2)cc1. The smallest absolute Gasteiger partial charge is 0.257 e. The zero-order valence-corrected chi connectivity index (χ0v) is 16.6. The van der Waals surface area contributed by atoms with Gasteiger partial charge in [-0.2, -0.15) is 0 Å². The third kappa shape index (κ3) is 4.57. The van der Waals surface area contributed by atoms with Crippen LogP contribution < -0.4 is 15.4 Å². The van der Waals surface area contributed by atoms with Gasteiger partial charge in [0.05, 0.1) is 17.4 Å². The average Bonchev–Trinajstić information content (AvgIpc) is 3.54. The minimum absolute atomic E-state index is 0.0236. The van der Waals surface area contributed by atoms with E-state index in [0.29, 0.717) is 16.9 Å². The highest BCUT2D eigenvalue weighted by atomic mass is 16.5. The predicted octanol–water partition coefficient (Wildman–Crippen LogP) is 5.23. The van der Waals surface area contributed by atoms with Gasteiger partial charge in [-0.1, -0.05) is 24.3 Å². The van der Waals surface area contributed by atoms with Crippen LogP contribution in [-0.4, -0.2) is 17.9 Å². The highest BCUT2D eigenvalue weighted by Crippen LogP contribution is 2.32. The minimum atomic E-state index is -0.264. The lowest BCUT2D eigenvalue weighted by molar-refractivity contribution is -0.117. The molecule has 29 heavy (non-hydrogen) atoms. The van der Waals surface area contributed by atoms with Gasteiger partial charge in [0.15, 0.2) is 0 Å². The van der Waals surface area contributed by atoms with E-state index in [1.54, 1.807) is 12.1 Å². The fourth-order valence-corrected chi connectivity index (χ4v) is 3.20. The molecule has 0 spiro atoms. The van der Waals surface area contributed by atoms with Crippen molar-refractivity contribution in [1.29, 1.82) is 0 Å². The number of anilines is 2. The van der Waals surface area contributed by atoms with Crippen molar-refractivity contribution in [2.45, 2.75) is 32.8 Å². The molecule has 1 aliphatic carbocycles. The number of carbonyl (C=O) groups is 2. The number of rotatable bonds is 6. The fourth-order valence-electron chi connectivity index (χ4n) is 3.20. The lowest BCUT2D eigenvalue weighted by Crippen LogP contribution is -2.19. The van der Waals surface area contributed by atoms with Crippen LogP contribution in [0, 0.1) is 5.92 Å². The Morgan fingerprint density at radius 1 is 0.931 bits per heavy atom. The number of benzene rings is 3. The molecular formula is C24H24N2O3. The number of carbonyl (C=O) groups excluding carboxylic acids is 2. The quantitative estimate of drug-likeness (QED) is 0.608. The number of hydrogen-bond donors (Lipinski definition) is 2. The van der Waals surface area contributed by atoms with Crippen molar-refractivity contribution >= 4 is 34.0 Å². The summed E-state index contributed by atoms with van der Waals surface area (Å²) >= 11 is 0. The fraction of sp³-hybridized carbons (Fsp3) is 0.250. The number of amides is 2. The Bertz CT molecular complexity index is 1050. The molecule has 0 radical (unpaired) electrons. The van der Waals surface area contributed by atoms with Crippen LogP contribution in [0.1, 0.15) is 37.0 Å². The first-order chi connectivity index (χ1) is 14.0. The Morgan fingerprint density at radius 2 is 1.59 bits per heavy atom. The summed E-state index contributed by atoms with van der Waals surface area (Å²) in [6.07, 6.45) is 1.91. The van der Waals surface area contributed by atoms with Gasteiger partial charge in [-0.15, -0.1) is 0 Å². The molecule has 0 bridgehead atoms. The first kappa shape index (κ1) is 19.0. The van der Waals surface area contributed by atoms with Crippen LogP contribution in [0.2, 0.25) is 0 Å². The summed E-state index contributed by atoms with van der Waals surface area (Å²) in [5.41, 5.74) is 1.65. The minimum Gasteiger partial charge on any atom is -0.491 e. The third-order valence-electron chi connectivity index (χ3n) is 4.82. The Balaban J connectivity index is 1.60. The van der Waals surface area contributed by atoms with E-state index in [9.17, 15) is 9.59 Å². The second-order valence-electron chi connectivity index (χ2n) is 7.65. The van der Waals surface area contributed by atoms with Crippen LogP contribution in [0.5, 0.6) is 5.75 Å². The molecule has 0 unspecified atom stereocenters. The summed E-state index contributed by atoms with van der Waals surface area (Å²) in [7, 11) is 0. The van der Waals surface area contributed by atoms with Crippen LogP contribution in [0.25, 0.3) is 10.8 Å². The second kappa shape index (κ2) is 7.95. The molecule has 0 atom stereocenters. The molecule has 2 N–H and O–H groups in total. The third-order valence-corrected chi connectivity index (χ3v) is 4.82. The summed E-state index contributed by atoms with van der Waals surface area (Å²) < 4.78 is 5.64. The molecular weight excluding hydrogens is 364 g/mol. The molecule has 0 saturated heterocycles. The van der Waals surface area contributed by atoms with Crippen molar-refractivity contribution < 1.29 is 14.3 Å². The number of ether oxygens (including phenoxy) is 1. The Kier molecular flexibility index (Phi) is 5.21. The molecule has 5 nitrogen and oxygen atoms in total. The van der Waals surface area contributed by atoms with E-state index in [4.69, 9.17) is 4.74 Å². The van der Waals surface area contributed by atoms with E-state index in [2.05, 4.69) is 10.6 Å². The molecule has 2 amide bonds. The van der Waals surface area contributed by atoms with E-state index >= 15 is 0 Å². The van der Waals surface area contributed by atoms with Gasteiger partial charge in [0.2, 0.25) is 5.91 Å². The van der Waals surface area contributed by atoms with E-state index in [0.717, 1.165) is 29.4 Å². The average molecular weight is 388 g/mol. The van der Waals surface area contributed by atoms with Crippen molar-refractivity contribution in [2.24, 2.45) is 5.92 Å². The predicted molar refractivity (Wildman–Crippen MR) is 115 cm³/mol. The van der Waals surface area contributed by atoms with Crippen LogP contribution in [0.3, 0.4) is 0 Å².